The Morgan fingerprint density at radius 3 is 2.91 bits per heavy atom. The van der Waals surface area contributed by atoms with Gasteiger partial charge in [-0.15, -0.1) is 11.3 Å². The Morgan fingerprint density at radius 2 is 2.22 bits per heavy atom. The number of carbonyl (C=O) groups is 1. The van der Waals surface area contributed by atoms with E-state index in [9.17, 15) is 4.79 Å². The summed E-state index contributed by atoms with van der Waals surface area (Å²) in [6.07, 6.45) is 2.36. The SMILES string of the molecule is CC1(CNc2nc(C(N)=O)cs2)CCCN1Cc1ccccc1. The van der Waals surface area contributed by atoms with E-state index in [2.05, 4.69) is 46.4 Å². The summed E-state index contributed by atoms with van der Waals surface area (Å²) in [4.78, 5) is 17.9. The third kappa shape index (κ3) is 3.71. The summed E-state index contributed by atoms with van der Waals surface area (Å²) in [6, 6.07) is 10.6. The van der Waals surface area contributed by atoms with E-state index in [4.69, 9.17) is 5.73 Å². The van der Waals surface area contributed by atoms with Gasteiger partial charge in [-0.3, -0.25) is 9.69 Å². The van der Waals surface area contributed by atoms with E-state index in [0.717, 1.165) is 31.2 Å². The highest BCUT2D eigenvalue weighted by Gasteiger charge is 2.36. The fourth-order valence-corrected chi connectivity index (χ4v) is 3.79. The fourth-order valence-electron chi connectivity index (χ4n) is 3.09. The van der Waals surface area contributed by atoms with Gasteiger partial charge in [0, 0.05) is 24.0 Å². The summed E-state index contributed by atoms with van der Waals surface area (Å²) < 4.78 is 0. The number of nitrogens with one attached hydrogen (secondary N) is 1. The Hall–Kier alpha value is -1.92. The molecule has 1 aliphatic heterocycles. The van der Waals surface area contributed by atoms with Gasteiger partial charge in [-0.25, -0.2) is 4.98 Å². The van der Waals surface area contributed by atoms with Crippen molar-refractivity contribution in [3.8, 4) is 0 Å². The van der Waals surface area contributed by atoms with Crippen LogP contribution in [0, 0.1) is 0 Å². The molecule has 5 nitrogen and oxygen atoms in total. The number of nitrogens with zero attached hydrogens (tertiary/aromatic N) is 2. The van der Waals surface area contributed by atoms with Crippen molar-refractivity contribution in [1.82, 2.24) is 9.88 Å². The second kappa shape index (κ2) is 6.68. The predicted molar refractivity (Wildman–Crippen MR) is 93.6 cm³/mol. The zero-order chi connectivity index (χ0) is 16.3. The summed E-state index contributed by atoms with van der Waals surface area (Å²) in [7, 11) is 0. The Morgan fingerprint density at radius 1 is 1.43 bits per heavy atom. The number of rotatable bonds is 6. The third-order valence-corrected chi connectivity index (χ3v) is 5.30. The third-order valence-electron chi connectivity index (χ3n) is 4.50. The molecule has 0 bridgehead atoms. The molecule has 0 radical (unpaired) electrons. The van der Waals surface area contributed by atoms with Crippen LogP contribution in [-0.2, 0) is 6.54 Å². The summed E-state index contributed by atoms with van der Waals surface area (Å²) in [5, 5.41) is 5.83. The van der Waals surface area contributed by atoms with Crippen molar-refractivity contribution in [3.63, 3.8) is 0 Å². The minimum Gasteiger partial charge on any atom is -0.364 e. The topological polar surface area (TPSA) is 71.2 Å². The maximum Gasteiger partial charge on any atom is 0.268 e. The lowest BCUT2D eigenvalue weighted by Gasteiger charge is -2.35. The molecule has 1 aromatic heterocycles. The van der Waals surface area contributed by atoms with Crippen LogP contribution in [0.2, 0.25) is 0 Å². The van der Waals surface area contributed by atoms with Crippen LogP contribution in [0.15, 0.2) is 35.7 Å². The molecular formula is C17H22N4OS. The van der Waals surface area contributed by atoms with Crippen LogP contribution in [-0.4, -0.2) is 34.4 Å². The zero-order valence-electron chi connectivity index (χ0n) is 13.3. The number of aromatic nitrogens is 1. The van der Waals surface area contributed by atoms with Crippen LogP contribution in [0.25, 0.3) is 0 Å². The van der Waals surface area contributed by atoms with Crippen molar-refractivity contribution in [3.05, 3.63) is 47.0 Å². The number of primary amides is 1. The van der Waals surface area contributed by atoms with Crippen LogP contribution in [0.1, 0.15) is 35.8 Å². The van der Waals surface area contributed by atoms with E-state index in [0.29, 0.717) is 5.69 Å². The molecule has 122 valence electrons. The molecule has 1 atom stereocenters. The van der Waals surface area contributed by atoms with Crippen LogP contribution in [0.4, 0.5) is 5.13 Å². The molecule has 1 unspecified atom stereocenters. The number of anilines is 1. The van der Waals surface area contributed by atoms with Gasteiger partial charge in [-0.2, -0.15) is 0 Å². The molecule has 1 saturated heterocycles. The molecule has 0 saturated carbocycles. The Bertz CT molecular complexity index is 672. The van der Waals surface area contributed by atoms with E-state index in [1.807, 2.05) is 6.07 Å². The van der Waals surface area contributed by atoms with Gasteiger partial charge in [0.15, 0.2) is 5.13 Å². The lowest BCUT2D eigenvalue weighted by atomic mass is 9.98. The minimum absolute atomic E-state index is 0.0917. The van der Waals surface area contributed by atoms with Crippen molar-refractivity contribution < 1.29 is 4.79 Å². The van der Waals surface area contributed by atoms with Gasteiger partial charge in [0.2, 0.25) is 0 Å². The summed E-state index contributed by atoms with van der Waals surface area (Å²) in [5.41, 5.74) is 7.01. The van der Waals surface area contributed by atoms with E-state index >= 15 is 0 Å². The second-order valence-electron chi connectivity index (χ2n) is 6.26. The number of nitrogens with two attached hydrogens (primary N) is 1. The molecule has 6 heteroatoms. The number of amides is 1. The maximum absolute atomic E-state index is 11.1. The first-order chi connectivity index (χ1) is 11.1. The number of benzene rings is 1. The lowest BCUT2D eigenvalue weighted by Crippen LogP contribution is -2.46. The molecule has 23 heavy (non-hydrogen) atoms. The van der Waals surface area contributed by atoms with Gasteiger partial charge in [-0.1, -0.05) is 30.3 Å². The molecule has 2 heterocycles. The van der Waals surface area contributed by atoms with E-state index in [-0.39, 0.29) is 5.54 Å². The number of hydrogen-bond acceptors (Lipinski definition) is 5. The molecule has 1 aliphatic rings. The van der Waals surface area contributed by atoms with Crippen LogP contribution < -0.4 is 11.1 Å². The first kappa shape index (κ1) is 16.0. The average Bonchev–Trinajstić information content (AvgIpc) is 3.15. The first-order valence-corrected chi connectivity index (χ1v) is 8.73. The summed E-state index contributed by atoms with van der Waals surface area (Å²) in [6.45, 7) is 5.17. The zero-order valence-corrected chi connectivity index (χ0v) is 14.1. The largest absolute Gasteiger partial charge is 0.364 e. The van der Waals surface area contributed by atoms with Gasteiger partial charge in [-0.05, 0) is 31.9 Å². The van der Waals surface area contributed by atoms with Gasteiger partial charge < -0.3 is 11.1 Å². The summed E-state index contributed by atoms with van der Waals surface area (Å²) >= 11 is 1.42. The molecule has 0 spiro atoms. The molecule has 3 rings (SSSR count). The van der Waals surface area contributed by atoms with Crippen LogP contribution in [0.3, 0.4) is 0 Å². The number of hydrogen-bond donors (Lipinski definition) is 2. The first-order valence-electron chi connectivity index (χ1n) is 7.85. The van der Waals surface area contributed by atoms with Gasteiger partial charge in [0.05, 0.1) is 0 Å². The lowest BCUT2D eigenvalue weighted by molar-refractivity contribution is 0.0996. The maximum atomic E-state index is 11.1. The van der Waals surface area contributed by atoms with E-state index < -0.39 is 5.91 Å². The van der Waals surface area contributed by atoms with Crippen molar-refractivity contribution >= 4 is 22.4 Å². The fraction of sp³-hybridized carbons (Fsp3) is 0.412. The van der Waals surface area contributed by atoms with Crippen molar-refractivity contribution in [2.24, 2.45) is 5.73 Å². The highest BCUT2D eigenvalue weighted by molar-refractivity contribution is 7.13. The number of carbonyl (C=O) groups excluding carboxylic acids is 1. The smallest absolute Gasteiger partial charge is 0.268 e. The molecular weight excluding hydrogens is 308 g/mol. The number of thiazole rings is 1. The molecule has 1 fully saturated rings. The van der Waals surface area contributed by atoms with Crippen molar-refractivity contribution in [2.75, 3.05) is 18.4 Å². The minimum atomic E-state index is -0.480. The van der Waals surface area contributed by atoms with E-state index in [1.165, 1.54) is 23.3 Å². The highest BCUT2D eigenvalue weighted by Crippen LogP contribution is 2.31. The van der Waals surface area contributed by atoms with Crippen LogP contribution in [0.5, 0.6) is 0 Å². The van der Waals surface area contributed by atoms with Crippen LogP contribution >= 0.6 is 11.3 Å². The van der Waals surface area contributed by atoms with Crippen molar-refractivity contribution in [2.45, 2.75) is 31.8 Å². The predicted octanol–water partition coefficient (Wildman–Crippen LogP) is 2.71. The Labute approximate surface area is 140 Å². The standard InChI is InChI=1S/C17H22N4OS/c1-17(12-19-16-20-14(11-23-16)15(18)22)8-5-9-21(17)10-13-6-3-2-4-7-13/h2-4,6-7,11H,5,8-10,12H2,1H3,(H2,18,22)(H,19,20). The number of likely N-dealkylation sites (tertiary alicyclic amines) is 1. The molecule has 2 aromatic rings. The monoisotopic (exact) mass is 330 g/mol. The highest BCUT2D eigenvalue weighted by atomic mass is 32.1. The Kier molecular flexibility index (Phi) is 4.63. The van der Waals surface area contributed by atoms with Crippen molar-refractivity contribution in [1.29, 1.82) is 0 Å². The van der Waals surface area contributed by atoms with Gasteiger partial charge >= 0.3 is 0 Å². The van der Waals surface area contributed by atoms with Gasteiger partial charge in [0.1, 0.15) is 5.69 Å². The normalized spacial score (nSPS) is 21.4. The molecule has 1 aromatic carbocycles. The molecule has 1 amide bonds. The average molecular weight is 330 g/mol. The molecule has 0 aliphatic carbocycles. The molecule has 3 N–H and O–H groups in total. The van der Waals surface area contributed by atoms with Gasteiger partial charge in [0.25, 0.3) is 5.91 Å². The second-order valence-corrected chi connectivity index (χ2v) is 7.12. The quantitative estimate of drug-likeness (QED) is 0.854. The van der Waals surface area contributed by atoms with E-state index in [1.54, 1.807) is 5.38 Å². The summed E-state index contributed by atoms with van der Waals surface area (Å²) in [5.74, 6) is -0.480. The Balaban J connectivity index is 1.63.